The molecule has 0 unspecified atom stereocenters. The number of benzene rings is 2. The largest absolute Gasteiger partial charge is 0.494 e. The predicted octanol–water partition coefficient (Wildman–Crippen LogP) is 5.21. The van der Waals surface area contributed by atoms with Crippen LogP contribution in [0.3, 0.4) is 0 Å². The van der Waals surface area contributed by atoms with E-state index in [4.69, 9.17) is 4.74 Å². The van der Waals surface area contributed by atoms with Gasteiger partial charge in [0.2, 0.25) is 0 Å². The first kappa shape index (κ1) is 16.7. The molecule has 2 aromatic heterocycles. The van der Waals surface area contributed by atoms with Crippen molar-refractivity contribution in [2.45, 2.75) is 11.9 Å². The van der Waals surface area contributed by atoms with Gasteiger partial charge in [-0.1, -0.05) is 30.3 Å². The average Bonchev–Trinajstić information content (AvgIpc) is 3.09. The lowest BCUT2D eigenvalue weighted by Crippen LogP contribution is -1.96. The molecule has 0 bridgehead atoms. The minimum absolute atomic E-state index is 0.661. The van der Waals surface area contributed by atoms with E-state index in [1.807, 2.05) is 31.4 Å². The molecule has 26 heavy (non-hydrogen) atoms. The van der Waals surface area contributed by atoms with Crippen LogP contribution in [0.4, 0.5) is 0 Å². The van der Waals surface area contributed by atoms with Gasteiger partial charge in [-0.05, 0) is 43.0 Å². The van der Waals surface area contributed by atoms with Crippen molar-refractivity contribution >= 4 is 22.8 Å². The van der Waals surface area contributed by atoms with E-state index < -0.39 is 0 Å². The van der Waals surface area contributed by atoms with Gasteiger partial charge in [0.1, 0.15) is 22.7 Å². The lowest BCUT2D eigenvalue weighted by atomic mass is 10.1. The number of rotatable bonds is 5. The number of aromatic nitrogens is 3. The van der Waals surface area contributed by atoms with Gasteiger partial charge in [0, 0.05) is 17.4 Å². The number of nitrogens with zero attached hydrogens (tertiary/aromatic N) is 3. The van der Waals surface area contributed by atoms with Crippen LogP contribution < -0.4 is 4.74 Å². The quantitative estimate of drug-likeness (QED) is 0.361. The summed E-state index contributed by atoms with van der Waals surface area (Å²) in [4.78, 5) is 9.05. The van der Waals surface area contributed by atoms with Crippen molar-refractivity contribution in [2.24, 2.45) is 0 Å². The van der Waals surface area contributed by atoms with Crippen LogP contribution in [-0.4, -0.2) is 27.4 Å². The Labute approximate surface area is 156 Å². The van der Waals surface area contributed by atoms with Crippen LogP contribution in [0.25, 0.3) is 27.8 Å². The SMILES string of the molecule is CCOc1ccc(-n2cc(-c3ccccc3)c3c(SC)ncnc32)cc1. The van der Waals surface area contributed by atoms with Gasteiger partial charge >= 0.3 is 0 Å². The van der Waals surface area contributed by atoms with Gasteiger partial charge in [0.05, 0.1) is 12.0 Å². The molecule has 0 saturated carbocycles. The fourth-order valence-corrected chi connectivity index (χ4v) is 3.65. The highest BCUT2D eigenvalue weighted by molar-refractivity contribution is 7.98. The van der Waals surface area contributed by atoms with E-state index in [0.29, 0.717) is 6.61 Å². The third-order valence-electron chi connectivity index (χ3n) is 4.25. The molecule has 4 nitrogen and oxygen atoms in total. The molecule has 0 N–H and O–H groups in total. The van der Waals surface area contributed by atoms with Crippen molar-refractivity contribution in [3.05, 3.63) is 67.1 Å². The zero-order valence-corrected chi connectivity index (χ0v) is 15.5. The van der Waals surface area contributed by atoms with Gasteiger partial charge in [-0.15, -0.1) is 11.8 Å². The maximum absolute atomic E-state index is 5.56. The van der Waals surface area contributed by atoms with Crippen molar-refractivity contribution in [1.82, 2.24) is 14.5 Å². The lowest BCUT2D eigenvalue weighted by molar-refractivity contribution is 0.340. The smallest absolute Gasteiger partial charge is 0.149 e. The van der Waals surface area contributed by atoms with Gasteiger partial charge in [-0.2, -0.15) is 0 Å². The Bertz CT molecular complexity index is 1030. The monoisotopic (exact) mass is 361 g/mol. The normalized spacial score (nSPS) is 11.0. The van der Waals surface area contributed by atoms with Crippen LogP contribution in [0.15, 0.2) is 72.1 Å². The fourth-order valence-electron chi connectivity index (χ4n) is 3.09. The molecule has 130 valence electrons. The fraction of sp³-hybridized carbons (Fsp3) is 0.143. The Morgan fingerprint density at radius 1 is 1.00 bits per heavy atom. The molecule has 0 radical (unpaired) electrons. The van der Waals surface area contributed by atoms with Crippen LogP contribution >= 0.6 is 11.8 Å². The molecule has 0 saturated heterocycles. The van der Waals surface area contributed by atoms with Gasteiger partial charge < -0.3 is 9.30 Å². The highest BCUT2D eigenvalue weighted by Crippen LogP contribution is 2.36. The molecule has 2 heterocycles. The molecule has 0 aliphatic heterocycles. The van der Waals surface area contributed by atoms with E-state index in [9.17, 15) is 0 Å². The molecule has 4 aromatic rings. The van der Waals surface area contributed by atoms with Crippen molar-refractivity contribution in [1.29, 1.82) is 0 Å². The number of hydrogen-bond donors (Lipinski definition) is 0. The lowest BCUT2D eigenvalue weighted by Gasteiger charge is -2.07. The summed E-state index contributed by atoms with van der Waals surface area (Å²) >= 11 is 1.64. The van der Waals surface area contributed by atoms with Crippen LogP contribution in [0.1, 0.15) is 6.92 Å². The van der Waals surface area contributed by atoms with Crippen molar-refractivity contribution in [3.8, 4) is 22.6 Å². The molecule has 5 heteroatoms. The molecular formula is C21H19N3OS. The van der Waals surface area contributed by atoms with E-state index >= 15 is 0 Å². The summed E-state index contributed by atoms with van der Waals surface area (Å²) in [7, 11) is 0. The zero-order valence-electron chi connectivity index (χ0n) is 14.7. The number of hydrogen-bond acceptors (Lipinski definition) is 4. The Balaban J connectivity index is 1.93. The van der Waals surface area contributed by atoms with E-state index in [1.54, 1.807) is 18.1 Å². The summed E-state index contributed by atoms with van der Waals surface area (Å²) < 4.78 is 7.68. The average molecular weight is 361 g/mol. The molecule has 0 aliphatic carbocycles. The van der Waals surface area contributed by atoms with Crippen LogP contribution in [0.5, 0.6) is 5.75 Å². The van der Waals surface area contributed by atoms with Gasteiger partial charge in [-0.25, -0.2) is 9.97 Å². The molecule has 0 aliphatic rings. The summed E-state index contributed by atoms with van der Waals surface area (Å²) in [5, 5.41) is 2.07. The molecule has 0 amide bonds. The molecule has 0 spiro atoms. The van der Waals surface area contributed by atoms with Gasteiger partial charge in [-0.3, -0.25) is 0 Å². The molecule has 2 aromatic carbocycles. The summed E-state index contributed by atoms with van der Waals surface area (Å²) in [5.41, 5.74) is 4.26. The van der Waals surface area contributed by atoms with Crippen LogP contribution in [-0.2, 0) is 0 Å². The minimum atomic E-state index is 0.661. The van der Waals surface area contributed by atoms with Crippen molar-refractivity contribution in [3.63, 3.8) is 0 Å². The van der Waals surface area contributed by atoms with Gasteiger partial charge in [0.15, 0.2) is 0 Å². The summed E-state index contributed by atoms with van der Waals surface area (Å²) in [6, 6.07) is 18.5. The minimum Gasteiger partial charge on any atom is -0.494 e. The van der Waals surface area contributed by atoms with E-state index in [-0.39, 0.29) is 0 Å². The zero-order chi connectivity index (χ0) is 17.9. The third kappa shape index (κ3) is 2.95. The third-order valence-corrected chi connectivity index (χ3v) is 4.95. The standard InChI is InChI=1S/C21H19N3OS/c1-3-25-17-11-9-16(10-12-17)24-13-18(15-7-5-4-6-8-15)19-20(24)22-14-23-21(19)26-2/h4-14H,3H2,1-2H3. The summed E-state index contributed by atoms with van der Waals surface area (Å²) in [5.74, 6) is 0.871. The number of ether oxygens (including phenoxy) is 1. The second kappa shape index (κ2) is 7.22. The molecule has 0 atom stereocenters. The van der Waals surface area contributed by atoms with Gasteiger partial charge in [0.25, 0.3) is 0 Å². The van der Waals surface area contributed by atoms with Crippen molar-refractivity contribution in [2.75, 3.05) is 12.9 Å². The first-order valence-electron chi connectivity index (χ1n) is 8.50. The maximum atomic E-state index is 5.56. The predicted molar refractivity (Wildman–Crippen MR) is 107 cm³/mol. The van der Waals surface area contributed by atoms with Crippen LogP contribution in [0, 0.1) is 0 Å². The maximum Gasteiger partial charge on any atom is 0.149 e. The van der Waals surface area contributed by atoms with Crippen LogP contribution in [0.2, 0.25) is 0 Å². The first-order chi connectivity index (χ1) is 12.8. The second-order valence-electron chi connectivity index (χ2n) is 5.79. The Morgan fingerprint density at radius 3 is 2.46 bits per heavy atom. The molecule has 0 fully saturated rings. The first-order valence-corrected chi connectivity index (χ1v) is 9.73. The molecule has 4 rings (SSSR count). The Kier molecular flexibility index (Phi) is 4.63. The highest BCUT2D eigenvalue weighted by atomic mass is 32.2. The number of thioether (sulfide) groups is 1. The highest BCUT2D eigenvalue weighted by Gasteiger charge is 2.16. The summed E-state index contributed by atoms with van der Waals surface area (Å²) in [6.45, 7) is 2.65. The Morgan fingerprint density at radius 2 is 1.77 bits per heavy atom. The Hall–Kier alpha value is -2.79. The summed E-state index contributed by atoms with van der Waals surface area (Å²) in [6.07, 6.45) is 5.82. The van der Waals surface area contributed by atoms with Crippen molar-refractivity contribution < 1.29 is 4.74 Å². The topological polar surface area (TPSA) is 39.9 Å². The van der Waals surface area contributed by atoms with E-state index in [1.165, 1.54) is 0 Å². The van der Waals surface area contributed by atoms with E-state index in [2.05, 4.69) is 57.1 Å². The number of fused-ring (bicyclic) bond motifs is 1. The van der Waals surface area contributed by atoms with E-state index in [0.717, 1.165) is 38.6 Å². The molecular weight excluding hydrogens is 342 g/mol. The second-order valence-corrected chi connectivity index (χ2v) is 6.58.